The number of likely N-dealkylation sites (tertiary alicyclic amines) is 2. The number of nitriles is 1. The number of hydrogen-bond acceptors (Lipinski definition) is 7. The van der Waals surface area contributed by atoms with Crippen molar-refractivity contribution in [1.29, 1.82) is 5.26 Å². The van der Waals surface area contributed by atoms with Gasteiger partial charge in [-0.3, -0.25) is 9.69 Å². The van der Waals surface area contributed by atoms with E-state index in [2.05, 4.69) is 33.5 Å². The number of hydrogen-bond donors (Lipinski definition) is 1. The summed E-state index contributed by atoms with van der Waals surface area (Å²) < 4.78 is 45.0. The highest BCUT2D eigenvalue weighted by molar-refractivity contribution is 6.10. The van der Waals surface area contributed by atoms with Crippen molar-refractivity contribution in [3.8, 4) is 6.19 Å². The minimum atomic E-state index is -4.59. The maximum Gasteiger partial charge on any atom is 0.416 e. The van der Waals surface area contributed by atoms with E-state index in [1.54, 1.807) is 23.4 Å². The van der Waals surface area contributed by atoms with E-state index in [9.17, 15) is 18.0 Å². The number of fused-ring (bicyclic) bond motifs is 1. The van der Waals surface area contributed by atoms with Crippen LogP contribution in [-0.2, 0) is 31.7 Å². The van der Waals surface area contributed by atoms with Crippen LogP contribution >= 0.6 is 0 Å². The molecule has 12 heteroatoms. The largest absolute Gasteiger partial charge is 0.416 e. The average molecular weight is 605 g/mol. The van der Waals surface area contributed by atoms with Gasteiger partial charge < -0.3 is 19.7 Å². The fourth-order valence-electron chi connectivity index (χ4n) is 7.73. The topological polar surface area (TPSA) is 93.3 Å². The summed E-state index contributed by atoms with van der Waals surface area (Å²) in [4.78, 5) is 19.3. The van der Waals surface area contributed by atoms with E-state index in [1.807, 2.05) is 29.8 Å². The minimum absolute atomic E-state index is 0.0232. The zero-order valence-electron chi connectivity index (χ0n) is 24.8. The molecule has 4 heterocycles. The highest BCUT2D eigenvalue weighted by Crippen LogP contribution is 2.52. The standard InChI is InChI=1S/C32H35F3N8O/c1-20-11-31(12-20,30-39-38-19-40(30)2)22-4-3-5-24(10-22)43-17-27-26(29(43)44)8-21(9-28(27)32(33,34)35)13-37-23-14-42(15-23)25-6-7-41(16-25)18-36/h3-5,8-10,19-20,23,25,37H,6-7,11-17H2,1-2H3/t20?,25-,31?/m1/s1. The Morgan fingerprint density at radius 1 is 1.16 bits per heavy atom. The van der Waals surface area contributed by atoms with Crippen LogP contribution in [0.15, 0.2) is 42.7 Å². The van der Waals surface area contributed by atoms with Gasteiger partial charge in [-0.05, 0) is 66.1 Å². The number of rotatable bonds is 7. The molecule has 1 atom stereocenters. The fourth-order valence-corrected chi connectivity index (χ4v) is 7.73. The predicted octanol–water partition coefficient (Wildman–Crippen LogP) is 4.04. The SMILES string of the molecule is CC1CC(c2cccc(N3Cc4c(cc(CNC5CN([C@@H]6CCN(C#N)C6)C5)cc4C(F)(F)F)C3=O)c2)(c2nncn2C)C1. The number of nitrogens with one attached hydrogen (secondary N) is 1. The summed E-state index contributed by atoms with van der Waals surface area (Å²) in [7, 11) is 1.91. The van der Waals surface area contributed by atoms with Crippen molar-refractivity contribution >= 4 is 11.6 Å². The number of benzene rings is 2. The monoisotopic (exact) mass is 604 g/mol. The third-order valence-corrected chi connectivity index (χ3v) is 9.98. The lowest BCUT2D eigenvalue weighted by Crippen LogP contribution is -2.61. The molecule has 2 saturated heterocycles. The molecular formula is C32H35F3N8O. The fraction of sp³-hybridized carbons (Fsp3) is 0.500. The van der Waals surface area contributed by atoms with Crippen molar-refractivity contribution in [1.82, 2.24) is 29.9 Å². The molecule has 2 aromatic carbocycles. The van der Waals surface area contributed by atoms with Crippen LogP contribution in [0.2, 0.25) is 0 Å². The smallest absolute Gasteiger partial charge is 0.320 e. The van der Waals surface area contributed by atoms with E-state index in [0.29, 0.717) is 23.2 Å². The van der Waals surface area contributed by atoms with E-state index in [4.69, 9.17) is 5.26 Å². The molecule has 230 valence electrons. The van der Waals surface area contributed by atoms with Crippen molar-refractivity contribution in [2.45, 2.75) is 63.0 Å². The maximum absolute atomic E-state index is 14.3. The molecule has 7 rings (SSSR count). The molecule has 3 aromatic rings. The Morgan fingerprint density at radius 2 is 1.95 bits per heavy atom. The van der Waals surface area contributed by atoms with Crippen molar-refractivity contribution in [2.75, 3.05) is 31.1 Å². The van der Waals surface area contributed by atoms with Crippen LogP contribution in [-0.4, -0.2) is 68.7 Å². The molecule has 9 nitrogen and oxygen atoms in total. The van der Waals surface area contributed by atoms with Gasteiger partial charge in [-0.2, -0.15) is 18.4 Å². The summed E-state index contributed by atoms with van der Waals surface area (Å²) in [6, 6.07) is 10.9. The summed E-state index contributed by atoms with van der Waals surface area (Å²) in [5.41, 5.74) is 1.04. The van der Waals surface area contributed by atoms with E-state index >= 15 is 0 Å². The molecule has 0 bridgehead atoms. The third kappa shape index (κ3) is 4.82. The molecule has 1 aliphatic carbocycles. The zero-order chi connectivity index (χ0) is 30.8. The minimum Gasteiger partial charge on any atom is -0.320 e. The lowest BCUT2D eigenvalue weighted by atomic mass is 9.58. The molecule has 3 fully saturated rings. The number of aromatic nitrogens is 3. The zero-order valence-corrected chi connectivity index (χ0v) is 24.8. The van der Waals surface area contributed by atoms with Gasteiger partial charge in [0, 0.05) is 63.1 Å². The highest BCUT2D eigenvalue weighted by atomic mass is 19.4. The first-order chi connectivity index (χ1) is 21.1. The molecule has 0 radical (unpaired) electrons. The molecule has 44 heavy (non-hydrogen) atoms. The van der Waals surface area contributed by atoms with Gasteiger partial charge in [-0.25, -0.2) is 0 Å². The molecule has 0 unspecified atom stereocenters. The Morgan fingerprint density at radius 3 is 2.61 bits per heavy atom. The van der Waals surface area contributed by atoms with Crippen molar-refractivity contribution in [2.24, 2.45) is 13.0 Å². The van der Waals surface area contributed by atoms with Crippen LogP contribution < -0.4 is 10.2 Å². The second-order valence-electron chi connectivity index (χ2n) is 13.0. The number of aryl methyl sites for hydroxylation is 1. The van der Waals surface area contributed by atoms with Gasteiger partial charge in [0.1, 0.15) is 12.2 Å². The number of carbonyl (C=O) groups excluding carboxylic acids is 1. The summed E-state index contributed by atoms with van der Waals surface area (Å²) in [6.45, 7) is 5.37. The second kappa shape index (κ2) is 10.6. The van der Waals surface area contributed by atoms with Crippen molar-refractivity contribution in [3.05, 3.63) is 76.4 Å². The van der Waals surface area contributed by atoms with Crippen LogP contribution in [0, 0.1) is 17.4 Å². The Balaban J connectivity index is 1.10. The van der Waals surface area contributed by atoms with Crippen molar-refractivity contribution < 1.29 is 18.0 Å². The highest BCUT2D eigenvalue weighted by Gasteiger charge is 2.48. The number of halogens is 3. The molecule has 1 aromatic heterocycles. The van der Waals surface area contributed by atoms with Gasteiger partial charge in [0.25, 0.3) is 5.91 Å². The molecule has 1 saturated carbocycles. The van der Waals surface area contributed by atoms with E-state index in [-0.39, 0.29) is 35.7 Å². The Bertz CT molecular complexity index is 1630. The summed E-state index contributed by atoms with van der Waals surface area (Å²) in [5, 5.41) is 21.0. The summed E-state index contributed by atoms with van der Waals surface area (Å²) in [6.07, 6.45) is 1.99. The molecule has 1 N–H and O–H groups in total. The Labute approximate surface area is 254 Å². The van der Waals surface area contributed by atoms with Crippen LogP contribution in [0.3, 0.4) is 0 Å². The van der Waals surface area contributed by atoms with Gasteiger partial charge in [0.15, 0.2) is 6.19 Å². The van der Waals surface area contributed by atoms with Gasteiger partial charge in [-0.1, -0.05) is 19.1 Å². The number of nitrogens with zero attached hydrogens (tertiary/aromatic N) is 7. The van der Waals surface area contributed by atoms with Gasteiger partial charge >= 0.3 is 6.18 Å². The summed E-state index contributed by atoms with van der Waals surface area (Å²) in [5.74, 6) is 0.925. The second-order valence-corrected chi connectivity index (χ2v) is 13.0. The molecule has 1 amide bonds. The number of carbonyl (C=O) groups is 1. The first-order valence-corrected chi connectivity index (χ1v) is 15.2. The van der Waals surface area contributed by atoms with Gasteiger partial charge in [-0.15, -0.1) is 10.2 Å². The van der Waals surface area contributed by atoms with E-state index in [1.165, 1.54) is 11.0 Å². The summed E-state index contributed by atoms with van der Waals surface area (Å²) >= 11 is 0. The normalized spacial score (nSPS) is 25.6. The lowest BCUT2D eigenvalue weighted by Gasteiger charge is -2.46. The van der Waals surface area contributed by atoms with Crippen molar-refractivity contribution in [3.63, 3.8) is 0 Å². The van der Waals surface area contributed by atoms with Gasteiger partial charge in [0.05, 0.1) is 17.5 Å². The van der Waals surface area contributed by atoms with E-state index in [0.717, 1.165) is 56.8 Å². The van der Waals surface area contributed by atoms with Crippen LogP contribution in [0.1, 0.15) is 64.6 Å². The van der Waals surface area contributed by atoms with Crippen LogP contribution in [0.5, 0.6) is 0 Å². The quantitative estimate of drug-likeness (QED) is 0.407. The number of alkyl halides is 3. The first-order valence-electron chi connectivity index (χ1n) is 15.2. The Kier molecular flexibility index (Phi) is 6.93. The molecule has 0 spiro atoms. The number of anilines is 1. The van der Waals surface area contributed by atoms with Crippen LogP contribution in [0.25, 0.3) is 0 Å². The van der Waals surface area contributed by atoms with Gasteiger partial charge in [0.2, 0.25) is 0 Å². The molecule has 4 aliphatic rings. The van der Waals surface area contributed by atoms with E-state index < -0.39 is 17.6 Å². The maximum atomic E-state index is 14.3. The molecule has 3 aliphatic heterocycles. The predicted molar refractivity (Wildman–Crippen MR) is 156 cm³/mol. The lowest BCUT2D eigenvalue weighted by molar-refractivity contribution is -0.138. The third-order valence-electron chi connectivity index (χ3n) is 9.98. The average Bonchev–Trinajstić information content (AvgIpc) is 3.69. The van der Waals surface area contributed by atoms with Crippen LogP contribution in [0.4, 0.5) is 18.9 Å². The molecular weight excluding hydrogens is 569 g/mol. The first kappa shape index (κ1) is 28.8. The Hall–Kier alpha value is -3.95. The number of amides is 1.